The highest BCUT2D eigenvalue weighted by Crippen LogP contribution is 2.23. The van der Waals surface area contributed by atoms with Crippen LogP contribution in [0.15, 0.2) is 53.1 Å². The topological polar surface area (TPSA) is 62.5 Å². The molecule has 1 aromatic heterocycles. The highest BCUT2D eigenvalue weighted by Gasteiger charge is 2.28. The van der Waals surface area contributed by atoms with E-state index in [-0.39, 0.29) is 11.8 Å². The van der Waals surface area contributed by atoms with Gasteiger partial charge >= 0.3 is 0 Å². The number of aryl methyl sites for hydroxylation is 2. The van der Waals surface area contributed by atoms with E-state index in [1.54, 1.807) is 0 Å². The third-order valence-electron chi connectivity index (χ3n) is 5.96. The van der Waals surface area contributed by atoms with Gasteiger partial charge in [-0.3, -0.25) is 9.69 Å². The number of aromatic nitrogens is 2. The SMILES string of the molecule is Cc1ccc(CN(C)C(=O)C2CCN(Cc3nc(-c4cccc(C)c4)no3)CC2)cc1. The molecule has 1 amide bonds. The Hall–Kier alpha value is -2.99. The molecule has 0 unspecified atom stereocenters. The summed E-state index contributed by atoms with van der Waals surface area (Å²) in [6.45, 7) is 7.12. The van der Waals surface area contributed by atoms with Crippen molar-refractivity contribution >= 4 is 5.91 Å². The van der Waals surface area contributed by atoms with Crippen molar-refractivity contribution in [2.24, 2.45) is 5.92 Å². The molecule has 1 saturated heterocycles. The summed E-state index contributed by atoms with van der Waals surface area (Å²) in [6, 6.07) is 16.5. The highest BCUT2D eigenvalue weighted by atomic mass is 16.5. The number of likely N-dealkylation sites (tertiary alicyclic amines) is 1. The van der Waals surface area contributed by atoms with Crippen LogP contribution in [0.2, 0.25) is 0 Å². The molecule has 1 aliphatic heterocycles. The van der Waals surface area contributed by atoms with Crippen LogP contribution in [0.4, 0.5) is 0 Å². The summed E-state index contributed by atoms with van der Waals surface area (Å²) in [7, 11) is 1.90. The standard InChI is InChI=1S/C25H30N4O2/c1-18-7-9-20(10-8-18)16-28(3)25(30)21-11-13-29(14-12-21)17-23-26-24(27-31-23)22-6-4-5-19(2)15-22/h4-10,15,21H,11-14,16-17H2,1-3H3. The minimum absolute atomic E-state index is 0.0808. The Balaban J connectivity index is 1.27. The predicted molar refractivity (Wildman–Crippen MR) is 120 cm³/mol. The molecule has 0 spiro atoms. The van der Waals surface area contributed by atoms with E-state index in [0.29, 0.717) is 24.8 Å². The fraction of sp³-hybridized carbons (Fsp3) is 0.400. The van der Waals surface area contributed by atoms with Crippen LogP contribution in [0.25, 0.3) is 11.4 Å². The predicted octanol–water partition coefficient (Wildman–Crippen LogP) is 4.22. The molecule has 3 aromatic rings. The fourth-order valence-corrected chi connectivity index (χ4v) is 4.11. The van der Waals surface area contributed by atoms with Crippen molar-refractivity contribution in [1.82, 2.24) is 19.9 Å². The quantitative estimate of drug-likeness (QED) is 0.600. The van der Waals surface area contributed by atoms with Crippen LogP contribution in [-0.4, -0.2) is 46.0 Å². The Morgan fingerprint density at radius 1 is 1.10 bits per heavy atom. The molecule has 1 fully saturated rings. The van der Waals surface area contributed by atoms with Crippen molar-refractivity contribution in [3.8, 4) is 11.4 Å². The first-order valence-corrected chi connectivity index (χ1v) is 10.9. The summed E-state index contributed by atoms with van der Waals surface area (Å²) in [5.74, 6) is 1.57. The first-order chi connectivity index (χ1) is 15.0. The summed E-state index contributed by atoms with van der Waals surface area (Å²) in [4.78, 5) is 21.6. The Morgan fingerprint density at radius 3 is 2.55 bits per heavy atom. The maximum absolute atomic E-state index is 12.9. The number of carbonyl (C=O) groups excluding carboxylic acids is 1. The molecule has 162 valence electrons. The van der Waals surface area contributed by atoms with Crippen molar-refractivity contribution in [3.05, 3.63) is 71.1 Å². The number of hydrogen-bond donors (Lipinski definition) is 0. The van der Waals surface area contributed by atoms with Gasteiger partial charge in [-0.1, -0.05) is 58.7 Å². The molecule has 0 aliphatic carbocycles. The Morgan fingerprint density at radius 2 is 1.84 bits per heavy atom. The number of piperidine rings is 1. The van der Waals surface area contributed by atoms with E-state index in [1.165, 1.54) is 16.7 Å². The van der Waals surface area contributed by atoms with Crippen LogP contribution in [0, 0.1) is 19.8 Å². The molecule has 2 aromatic carbocycles. The normalized spacial score (nSPS) is 15.2. The fourth-order valence-electron chi connectivity index (χ4n) is 4.11. The molecule has 0 saturated carbocycles. The first kappa shape index (κ1) is 21.2. The van der Waals surface area contributed by atoms with Crippen LogP contribution in [-0.2, 0) is 17.9 Å². The van der Waals surface area contributed by atoms with Gasteiger partial charge < -0.3 is 9.42 Å². The minimum Gasteiger partial charge on any atom is -0.341 e. The van der Waals surface area contributed by atoms with Gasteiger partial charge in [0.2, 0.25) is 17.6 Å². The van der Waals surface area contributed by atoms with E-state index < -0.39 is 0 Å². The van der Waals surface area contributed by atoms with Gasteiger partial charge in [-0.2, -0.15) is 4.98 Å². The maximum atomic E-state index is 12.9. The number of hydrogen-bond acceptors (Lipinski definition) is 5. The Labute approximate surface area is 183 Å². The van der Waals surface area contributed by atoms with Gasteiger partial charge in [-0.05, 0) is 51.4 Å². The maximum Gasteiger partial charge on any atom is 0.241 e. The lowest BCUT2D eigenvalue weighted by Gasteiger charge is -2.32. The van der Waals surface area contributed by atoms with Crippen molar-refractivity contribution in [1.29, 1.82) is 0 Å². The van der Waals surface area contributed by atoms with Crippen LogP contribution in [0.1, 0.15) is 35.4 Å². The number of rotatable bonds is 6. The van der Waals surface area contributed by atoms with E-state index in [9.17, 15) is 4.79 Å². The second-order valence-electron chi connectivity index (χ2n) is 8.61. The third kappa shape index (κ3) is 5.39. The van der Waals surface area contributed by atoms with Crippen molar-refractivity contribution in [2.45, 2.75) is 39.8 Å². The van der Waals surface area contributed by atoms with Gasteiger partial charge in [0, 0.05) is 25.1 Å². The van der Waals surface area contributed by atoms with E-state index in [4.69, 9.17) is 4.52 Å². The molecule has 0 N–H and O–H groups in total. The average Bonchev–Trinajstić information content (AvgIpc) is 3.24. The summed E-state index contributed by atoms with van der Waals surface area (Å²) in [5.41, 5.74) is 4.54. The lowest BCUT2D eigenvalue weighted by Crippen LogP contribution is -2.40. The summed E-state index contributed by atoms with van der Waals surface area (Å²) >= 11 is 0. The van der Waals surface area contributed by atoms with Gasteiger partial charge in [0.1, 0.15) is 0 Å². The van der Waals surface area contributed by atoms with E-state index in [2.05, 4.69) is 52.3 Å². The highest BCUT2D eigenvalue weighted by molar-refractivity contribution is 5.78. The van der Waals surface area contributed by atoms with E-state index in [0.717, 1.165) is 31.5 Å². The second kappa shape index (κ2) is 9.43. The molecule has 31 heavy (non-hydrogen) atoms. The van der Waals surface area contributed by atoms with Crippen LogP contribution < -0.4 is 0 Å². The number of benzene rings is 2. The Kier molecular flexibility index (Phi) is 6.47. The van der Waals surface area contributed by atoms with Crippen LogP contribution in [0.3, 0.4) is 0 Å². The summed E-state index contributed by atoms with van der Waals surface area (Å²) < 4.78 is 5.47. The average molecular weight is 419 g/mol. The summed E-state index contributed by atoms with van der Waals surface area (Å²) in [6.07, 6.45) is 1.71. The molecule has 4 rings (SSSR count). The first-order valence-electron chi connectivity index (χ1n) is 10.9. The zero-order valence-electron chi connectivity index (χ0n) is 18.5. The van der Waals surface area contributed by atoms with Crippen molar-refractivity contribution < 1.29 is 9.32 Å². The van der Waals surface area contributed by atoms with Gasteiger partial charge in [-0.15, -0.1) is 0 Å². The number of nitrogens with zero attached hydrogens (tertiary/aromatic N) is 4. The molecular weight excluding hydrogens is 388 g/mol. The van der Waals surface area contributed by atoms with E-state index in [1.807, 2.05) is 37.1 Å². The lowest BCUT2D eigenvalue weighted by molar-refractivity contribution is -0.136. The summed E-state index contributed by atoms with van der Waals surface area (Å²) in [5, 5.41) is 4.13. The number of carbonyl (C=O) groups is 1. The van der Waals surface area contributed by atoms with Crippen molar-refractivity contribution in [3.63, 3.8) is 0 Å². The van der Waals surface area contributed by atoms with Gasteiger partial charge in [0.15, 0.2) is 0 Å². The largest absolute Gasteiger partial charge is 0.341 e. The zero-order chi connectivity index (χ0) is 21.8. The van der Waals surface area contributed by atoms with Crippen molar-refractivity contribution in [2.75, 3.05) is 20.1 Å². The Bertz CT molecular complexity index is 1020. The molecule has 0 radical (unpaired) electrons. The monoisotopic (exact) mass is 418 g/mol. The molecule has 6 nitrogen and oxygen atoms in total. The lowest BCUT2D eigenvalue weighted by atomic mass is 9.95. The molecule has 1 aliphatic rings. The molecular formula is C25H30N4O2. The number of amides is 1. The van der Waals surface area contributed by atoms with Gasteiger partial charge in [-0.25, -0.2) is 0 Å². The molecule has 0 atom stereocenters. The molecule has 2 heterocycles. The minimum atomic E-state index is 0.0808. The molecule has 0 bridgehead atoms. The third-order valence-corrected chi connectivity index (χ3v) is 5.96. The van der Waals surface area contributed by atoms with Gasteiger partial charge in [0.05, 0.1) is 6.54 Å². The van der Waals surface area contributed by atoms with E-state index >= 15 is 0 Å². The zero-order valence-corrected chi connectivity index (χ0v) is 18.5. The molecule has 6 heteroatoms. The second-order valence-corrected chi connectivity index (χ2v) is 8.61. The van der Waals surface area contributed by atoms with Crippen LogP contribution >= 0.6 is 0 Å². The van der Waals surface area contributed by atoms with Crippen LogP contribution in [0.5, 0.6) is 0 Å². The van der Waals surface area contributed by atoms with Gasteiger partial charge in [0.25, 0.3) is 0 Å². The smallest absolute Gasteiger partial charge is 0.241 e.